The van der Waals surface area contributed by atoms with Crippen LogP contribution in [-0.4, -0.2) is 52.4 Å². The van der Waals surface area contributed by atoms with Gasteiger partial charge in [0.25, 0.3) is 0 Å². The molecule has 3 rings (SSSR count). The third kappa shape index (κ3) is 4.32. The van der Waals surface area contributed by atoms with Crippen molar-refractivity contribution in [1.29, 1.82) is 0 Å². The van der Waals surface area contributed by atoms with E-state index >= 15 is 0 Å². The van der Waals surface area contributed by atoms with Gasteiger partial charge in [0.15, 0.2) is 0 Å². The zero-order chi connectivity index (χ0) is 21.4. The highest BCUT2D eigenvalue weighted by Crippen LogP contribution is 2.50. The maximum Gasteiger partial charge on any atom is 0.138 e. The summed E-state index contributed by atoms with van der Waals surface area (Å²) >= 11 is 0. The Hall–Kier alpha value is -1.95. The Balaban J connectivity index is 2.03. The lowest BCUT2D eigenvalue weighted by Crippen LogP contribution is -2.63. The molecule has 0 radical (unpaired) electrons. The molecule has 1 fully saturated rings. The number of hydrogen-bond donors (Lipinski definition) is 2. The summed E-state index contributed by atoms with van der Waals surface area (Å²) in [6.07, 6.45) is 3.34. The minimum Gasteiger partial charge on any atom is -0.489 e. The Morgan fingerprint density at radius 1 is 1.10 bits per heavy atom. The van der Waals surface area contributed by atoms with Crippen LogP contribution < -0.4 is 4.74 Å². The van der Waals surface area contributed by atoms with Crippen molar-refractivity contribution in [2.24, 2.45) is 5.41 Å². The minimum absolute atomic E-state index is 0.152. The monoisotopic (exact) mass is 398 g/mol. The summed E-state index contributed by atoms with van der Waals surface area (Å²) in [5.74, 6) is 0.973. The van der Waals surface area contributed by atoms with Crippen LogP contribution in [0, 0.1) is 5.41 Å². The van der Waals surface area contributed by atoms with E-state index in [0.717, 1.165) is 18.7 Å². The summed E-state index contributed by atoms with van der Waals surface area (Å²) in [6, 6.07) is 10.1. The number of nitrogens with zero attached hydrogens (tertiary/aromatic N) is 2. The molecule has 1 saturated heterocycles. The van der Waals surface area contributed by atoms with Crippen molar-refractivity contribution < 1.29 is 14.9 Å². The molecular formula is C24H34N2O3. The molecule has 0 spiro atoms. The summed E-state index contributed by atoms with van der Waals surface area (Å²) in [5, 5.41) is 22.1. The molecule has 1 aliphatic heterocycles. The predicted octanol–water partition coefficient (Wildman–Crippen LogP) is 3.54. The molecule has 158 valence electrons. The first-order chi connectivity index (χ1) is 13.4. The van der Waals surface area contributed by atoms with Crippen LogP contribution in [0.4, 0.5) is 0 Å². The fourth-order valence-electron chi connectivity index (χ4n) is 4.30. The van der Waals surface area contributed by atoms with Gasteiger partial charge in [-0.05, 0) is 44.0 Å². The average molecular weight is 399 g/mol. The lowest BCUT2D eigenvalue weighted by Gasteiger charge is -2.55. The molecule has 2 aromatic rings. The summed E-state index contributed by atoms with van der Waals surface area (Å²) in [4.78, 5) is 6.54. The van der Waals surface area contributed by atoms with E-state index < -0.39 is 11.2 Å². The lowest BCUT2D eigenvalue weighted by molar-refractivity contribution is -0.127. The van der Waals surface area contributed by atoms with Gasteiger partial charge in [-0.3, -0.25) is 4.98 Å². The van der Waals surface area contributed by atoms with Crippen LogP contribution in [0.5, 0.6) is 5.75 Å². The second-order valence-corrected chi connectivity index (χ2v) is 9.73. The largest absolute Gasteiger partial charge is 0.489 e. The number of aliphatic hydroxyl groups is 2. The number of likely N-dealkylation sites (tertiary alicyclic amines) is 1. The first-order valence-electron chi connectivity index (χ1n) is 10.3. The summed E-state index contributed by atoms with van der Waals surface area (Å²) < 4.78 is 5.74. The number of rotatable bonds is 7. The molecular weight excluding hydrogens is 364 g/mol. The van der Waals surface area contributed by atoms with Gasteiger partial charge in [-0.2, -0.15) is 0 Å². The Kier molecular flexibility index (Phi) is 5.78. The van der Waals surface area contributed by atoms with Crippen molar-refractivity contribution in [3.63, 3.8) is 0 Å². The van der Waals surface area contributed by atoms with Gasteiger partial charge in [-0.25, -0.2) is 0 Å². The van der Waals surface area contributed by atoms with Crippen LogP contribution in [0.2, 0.25) is 0 Å². The molecule has 1 aliphatic rings. The van der Waals surface area contributed by atoms with E-state index in [9.17, 15) is 10.2 Å². The van der Waals surface area contributed by atoms with Crippen LogP contribution in [-0.2, 0) is 5.60 Å². The smallest absolute Gasteiger partial charge is 0.138 e. The Bertz CT molecular complexity index is 836. The third-order valence-corrected chi connectivity index (χ3v) is 5.83. The zero-order valence-electron chi connectivity index (χ0n) is 18.4. The van der Waals surface area contributed by atoms with Gasteiger partial charge >= 0.3 is 0 Å². The van der Waals surface area contributed by atoms with Gasteiger partial charge < -0.3 is 19.8 Å². The number of pyridine rings is 1. The van der Waals surface area contributed by atoms with E-state index in [1.54, 1.807) is 26.2 Å². The molecule has 0 saturated carbocycles. The molecule has 2 heterocycles. The molecule has 0 aliphatic carbocycles. The van der Waals surface area contributed by atoms with E-state index in [-0.39, 0.29) is 12.0 Å². The summed E-state index contributed by atoms with van der Waals surface area (Å²) in [6.45, 7) is 11.6. The van der Waals surface area contributed by atoms with Crippen LogP contribution in [0.1, 0.15) is 57.2 Å². The molecule has 5 heteroatoms. The molecule has 5 nitrogen and oxygen atoms in total. The van der Waals surface area contributed by atoms with Gasteiger partial charge in [-0.1, -0.05) is 45.0 Å². The molecule has 2 N–H and O–H groups in total. The quantitative estimate of drug-likeness (QED) is 0.747. The Morgan fingerprint density at radius 2 is 1.72 bits per heavy atom. The maximum absolute atomic E-state index is 12.2. The van der Waals surface area contributed by atoms with Crippen LogP contribution in [0.15, 0.2) is 42.7 Å². The van der Waals surface area contributed by atoms with Gasteiger partial charge in [0.05, 0.1) is 11.8 Å². The van der Waals surface area contributed by atoms with Crippen molar-refractivity contribution >= 4 is 0 Å². The highest BCUT2D eigenvalue weighted by atomic mass is 16.5. The highest BCUT2D eigenvalue weighted by Gasteiger charge is 2.55. The first kappa shape index (κ1) is 21.8. The van der Waals surface area contributed by atoms with Crippen molar-refractivity contribution in [2.75, 3.05) is 26.7 Å². The van der Waals surface area contributed by atoms with E-state index in [1.165, 1.54) is 5.56 Å². The number of aromatic nitrogens is 1. The van der Waals surface area contributed by atoms with E-state index in [1.807, 2.05) is 18.2 Å². The second kappa shape index (κ2) is 7.71. The number of ether oxygens (including phenoxy) is 1. The normalized spacial score (nSPS) is 18.9. The van der Waals surface area contributed by atoms with E-state index in [2.05, 4.69) is 49.8 Å². The van der Waals surface area contributed by atoms with E-state index in [0.29, 0.717) is 17.2 Å². The molecule has 0 bridgehead atoms. The Morgan fingerprint density at radius 3 is 2.24 bits per heavy atom. The molecule has 29 heavy (non-hydrogen) atoms. The van der Waals surface area contributed by atoms with E-state index in [4.69, 9.17) is 4.74 Å². The van der Waals surface area contributed by atoms with Crippen molar-refractivity contribution in [3.8, 4) is 5.75 Å². The predicted molar refractivity (Wildman–Crippen MR) is 115 cm³/mol. The SMILES string of the molecule is CC(C)c1ccc(C(O)(c2cncc(OCC(C)(C)O)c2)C2(C)CN(C)C2)cc1. The molecule has 1 atom stereocenters. The standard InChI is InChI=1S/C24H34N2O3/c1-17(2)18-7-9-19(10-8-18)24(28,23(5)14-26(6)15-23)20-11-21(13-25-12-20)29-16-22(3,4)27/h7-13,17,27-28H,14-16H2,1-6H3. The van der Waals surface area contributed by atoms with Crippen LogP contribution >= 0.6 is 0 Å². The number of benzene rings is 1. The van der Waals surface area contributed by atoms with Crippen LogP contribution in [0.3, 0.4) is 0 Å². The average Bonchev–Trinajstić information content (AvgIpc) is 2.64. The van der Waals surface area contributed by atoms with Crippen molar-refractivity contribution in [2.45, 2.75) is 51.7 Å². The van der Waals surface area contributed by atoms with Crippen molar-refractivity contribution in [3.05, 3.63) is 59.4 Å². The topological polar surface area (TPSA) is 65.8 Å². The minimum atomic E-state index is -1.20. The molecule has 1 aromatic carbocycles. The second-order valence-electron chi connectivity index (χ2n) is 9.73. The lowest BCUT2D eigenvalue weighted by atomic mass is 9.62. The Labute approximate surface area is 174 Å². The fourth-order valence-corrected chi connectivity index (χ4v) is 4.30. The number of hydrogen-bond acceptors (Lipinski definition) is 5. The highest BCUT2D eigenvalue weighted by molar-refractivity contribution is 5.42. The molecule has 0 amide bonds. The third-order valence-electron chi connectivity index (χ3n) is 5.83. The van der Waals surface area contributed by atoms with Gasteiger partial charge in [-0.15, -0.1) is 0 Å². The summed E-state index contributed by atoms with van der Waals surface area (Å²) in [7, 11) is 2.06. The van der Waals surface area contributed by atoms with Crippen molar-refractivity contribution in [1.82, 2.24) is 9.88 Å². The van der Waals surface area contributed by atoms with Gasteiger partial charge in [0, 0.05) is 30.3 Å². The van der Waals surface area contributed by atoms with Gasteiger partial charge in [0.1, 0.15) is 18.0 Å². The fraction of sp³-hybridized carbons (Fsp3) is 0.542. The van der Waals surface area contributed by atoms with Crippen LogP contribution in [0.25, 0.3) is 0 Å². The molecule has 1 unspecified atom stereocenters. The van der Waals surface area contributed by atoms with Gasteiger partial charge in [0.2, 0.25) is 0 Å². The zero-order valence-corrected chi connectivity index (χ0v) is 18.4. The molecule has 1 aromatic heterocycles. The summed E-state index contributed by atoms with van der Waals surface area (Å²) in [5.41, 5.74) is 0.319. The first-order valence-corrected chi connectivity index (χ1v) is 10.3. The maximum atomic E-state index is 12.2.